The first-order valence-corrected chi connectivity index (χ1v) is 5.56. The van der Waals surface area contributed by atoms with E-state index in [-0.39, 0.29) is 19.0 Å². The normalized spacial score (nSPS) is 16.3. The van der Waals surface area contributed by atoms with Crippen molar-refractivity contribution in [2.75, 3.05) is 13.1 Å². The zero-order chi connectivity index (χ0) is 11.0. The Morgan fingerprint density at radius 3 is 2.73 bits per heavy atom. The van der Waals surface area contributed by atoms with Crippen LogP contribution in [0.4, 0.5) is 4.39 Å². The molecule has 0 aromatic heterocycles. The lowest BCUT2D eigenvalue weighted by molar-refractivity contribution is 0.0400. The molecule has 1 heterocycles. The molecule has 0 atom stereocenters. The molecular formula is C11H11BrFNO. The van der Waals surface area contributed by atoms with E-state index in [1.807, 2.05) is 13.0 Å². The molecule has 0 spiro atoms. The Morgan fingerprint density at radius 2 is 2.20 bits per heavy atom. The number of halogens is 2. The van der Waals surface area contributed by atoms with Crippen molar-refractivity contribution in [3.05, 3.63) is 33.8 Å². The summed E-state index contributed by atoms with van der Waals surface area (Å²) in [6.45, 7) is 2.41. The first-order chi connectivity index (χ1) is 7.08. The van der Waals surface area contributed by atoms with Crippen LogP contribution in [0.25, 0.3) is 0 Å². The smallest absolute Gasteiger partial charge is 0.254 e. The van der Waals surface area contributed by atoms with Gasteiger partial charge in [0.25, 0.3) is 5.91 Å². The van der Waals surface area contributed by atoms with Crippen molar-refractivity contribution in [2.45, 2.75) is 13.1 Å². The van der Waals surface area contributed by atoms with Crippen molar-refractivity contribution >= 4 is 21.8 Å². The number of likely N-dealkylation sites (tertiary alicyclic amines) is 1. The maximum absolute atomic E-state index is 12.6. The van der Waals surface area contributed by atoms with Gasteiger partial charge < -0.3 is 4.90 Å². The maximum atomic E-state index is 12.6. The van der Waals surface area contributed by atoms with Gasteiger partial charge >= 0.3 is 0 Å². The molecule has 0 radical (unpaired) electrons. The van der Waals surface area contributed by atoms with Crippen LogP contribution in [0.1, 0.15) is 15.9 Å². The van der Waals surface area contributed by atoms with Gasteiger partial charge in [-0.05, 0) is 24.6 Å². The van der Waals surface area contributed by atoms with Crippen LogP contribution in [0.2, 0.25) is 0 Å². The first kappa shape index (κ1) is 10.6. The molecule has 0 bridgehead atoms. The zero-order valence-electron chi connectivity index (χ0n) is 8.34. The largest absolute Gasteiger partial charge is 0.333 e. The second kappa shape index (κ2) is 3.93. The summed E-state index contributed by atoms with van der Waals surface area (Å²) < 4.78 is 13.5. The quantitative estimate of drug-likeness (QED) is 0.769. The molecular weight excluding hydrogens is 261 g/mol. The number of carbonyl (C=O) groups is 1. The van der Waals surface area contributed by atoms with Crippen molar-refractivity contribution in [1.82, 2.24) is 4.90 Å². The van der Waals surface area contributed by atoms with Crippen molar-refractivity contribution in [1.29, 1.82) is 0 Å². The second-order valence-electron chi connectivity index (χ2n) is 3.77. The molecule has 0 saturated carbocycles. The van der Waals surface area contributed by atoms with E-state index in [1.165, 1.54) is 4.90 Å². The molecule has 1 aromatic rings. The Kier molecular flexibility index (Phi) is 2.78. The van der Waals surface area contributed by atoms with Gasteiger partial charge in [0.2, 0.25) is 0 Å². The average molecular weight is 272 g/mol. The molecule has 1 saturated heterocycles. The lowest BCUT2D eigenvalue weighted by atomic mass is 10.1. The first-order valence-electron chi connectivity index (χ1n) is 4.77. The van der Waals surface area contributed by atoms with Gasteiger partial charge in [0, 0.05) is 10.0 Å². The van der Waals surface area contributed by atoms with Gasteiger partial charge in [-0.25, -0.2) is 4.39 Å². The molecule has 1 amide bonds. The van der Waals surface area contributed by atoms with E-state index in [0.29, 0.717) is 5.56 Å². The highest BCUT2D eigenvalue weighted by molar-refractivity contribution is 9.10. The highest BCUT2D eigenvalue weighted by Gasteiger charge is 2.30. The minimum atomic E-state index is -0.845. The maximum Gasteiger partial charge on any atom is 0.254 e. The fourth-order valence-corrected chi connectivity index (χ4v) is 1.88. The lowest BCUT2D eigenvalue weighted by Crippen LogP contribution is -2.51. The van der Waals surface area contributed by atoms with Crippen LogP contribution in [-0.4, -0.2) is 30.1 Å². The van der Waals surface area contributed by atoms with Gasteiger partial charge in [0.05, 0.1) is 13.1 Å². The average Bonchev–Trinajstić information content (AvgIpc) is 2.16. The fourth-order valence-electron chi connectivity index (χ4n) is 1.50. The number of amides is 1. The summed E-state index contributed by atoms with van der Waals surface area (Å²) in [7, 11) is 0. The minimum absolute atomic E-state index is 0.0930. The standard InChI is InChI=1S/C11H11BrFNO/c1-7-2-3-8(4-10(7)12)11(15)14-5-9(13)6-14/h2-4,9H,5-6H2,1H3. The van der Waals surface area contributed by atoms with Gasteiger partial charge in [-0.3, -0.25) is 4.79 Å². The van der Waals surface area contributed by atoms with Gasteiger partial charge in [0.1, 0.15) is 6.17 Å². The topological polar surface area (TPSA) is 20.3 Å². The Labute approximate surface area is 96.2 Å². The molecule has 4 heteroatoms. The Bertz CT molecular complexity index is 402. The van der Waals surface area contributed by atoms with Gasteiger partial charge in [-0.1, -0.05) is 22.0 Å². The monoisotopic (exact) mass is 271 g/mol. The van der Waals surface area contributed by atoms with E-state index in [0.717, 1.165) is 10.0 Å². The highest BCUT2D eigenvalue weighted by atomic mass is 79.9. The minimum Gasteiger partial charge on any atom is -0.333 e. The summed E-state index contributed by atoms with van der Waals surface area (Å²) in [6.07, 6.45) is -0.845. The third-order valence-electron chi connectivity index (χ3n) is 2.54. The summed E-state index contributed by atoms with van der Waals surface area (Å²) in [6, 6.07) is 5.43. The molecule has 1 aromatic carbocycles. The molecule has 1 aliphatic heterocycles. The van der Waals surface area contributed by atoms with E-state index < -0.39 is 6.17 Å². The van der Waals surface area contributed by atoms with Crippen LogP contribution in [0.3, 0.4) is 0 Å². The molecule has 80 valence electrons. The van der Waals surface area contributed by atoms with E-state index in [2.05, 4.69) is 15.9 Å². The third-order valence-corrected chi connectivity index (χ3v) is 3.40. The van der Waals surface area contributed by atoms with Crippen LogP contribution in [0, 0.1) is 6.92 Å². The SMILES string of the molecule is Cc1ccc(C(=O)N2CC(F)C2)cc1Br. The number of hydrogen-bond acceptors (Lipinski definition) is 1. The summed E-state index contributed by atoms with van der Waals surface area (Å²) >= 11 is 3.37. The summed E-state index contributed by atoms with van der Waals surface area (Å²) in [4.78, 5) is 13.3. The number of benzene rings is 1. The van der Waals surface area contributed by atoms with Crippen LogP contribution in [-0.2, 0) is 0 Å². The summed E-state index contributed by atoms with van der Waals surface area (Å²) in [5.41, 5.74) is 1.69. The second-order valence-corrected chi connectivity index (χ2v) is 4.63. The molecule has 1 fully saturated rings. The number of aryl methyl sites for hydroxylation is 1. The van der Waals surface area contributed by atoms with Crippen molar-refractivity contribution in [3.63, 3.8) is 0 Å². The third kappa shape index (κ3) is 2.04. The lowest BCUT2D eigenvalue weighted by Gasteiger charge is -2.34. The predicted molar refractivity (Wildman–Crippen MR) is 59.7 cm³/mol. The van der Waals surface area contributed by atoms with Gasteiger partial charge in [0.15, 0.2) is 0 Å². The molecule has 15 heavy (non-hydrogen) atoms. The van der Waals surface area contributed by atoms with Crippen LogP contribution in [0.5, 0.6) is 0 Å². The molecule has 2 nitrogen and oxygen atoms in total. The van der Waals surface area contributed by atoms with Crippen LogP contribution < -0.4 is 0 Å². The van der Waals surface area contributed by atoms with E-state index in [9.17, 15) is 9.18 Å². The van der Waals surface area contributed by atoms with Crippen molar-refractivity contribution < 1.29 is 9.18 Å². The van der Waals surface area contributed by atoms with Crippen LogP contribution in [0.15, 0.2) is 22.7 Å². The van der Waals surface area contributed by atoms with Crippen molar-refractivity contribution in [2.24, 2.45) is 0 Å². The molecule has 0 aliphatic carbocycles. The number of nitrogens with zero attached hydrogens (tertiary/aromatic N) is 1. The van der Waals surface area contributed by atoms with Crippen LogP contribution >= 0.6 is 15.9 Å². The number of carbonyl (C=O) groups excluding carboxylic acids is 1. The molecule has 2 rings (SSSR count). The van der Waals surface area contributed by atoms with Gasteiger partial charge in [-0.2, -0.15) is 0 Å². The predicted octanol–water partition coefficient (Wildman–Crippen LogP) is 2.55. The van der Waals surface area contributed by atoms with Crippen molar-refractivity contribution in [3.8, 4) is 0 Å². The highest BCUT2D eigenvalue weighted by Crippen LogP contribution is 2.21. The van der Waals surface area contributed by atoms with E-state index in [1.54, 1.807) is 12.1 Å². The number of hydrogen-bond donors (Lipinski definition) is 0. The summed E-state index contributed by atoms with van der Waals surface area (Å²) in [5.74, 6) is -0.0930. The molecule has 1 aliphatic rings. The molecule has 0 unspecified atom stereocenters. The Hall–Kier alpha value is -0.900. The Morgan fingerprint density at radius 1 is 1.53 bits per heavy atom. The molecule has 0 N–H and O–H groups in total. The number of alkyl halides is 1. The van der Waals surface area contributed by atoms with E-state index >= 15 is 0 Å². The zero-order valence-corrected chi connectivity index (χ0v) is 9.92. The summed E-state index contributed by atoms with van der Waals surface area (Å²) in [5, 5.41) is 0. The van der Waals surface area contributed by atoms with E-state index in [4.69, 9.17) is 0 Å². The number of rotatable bonds is 1. The fraction of sp³-hybridized carbons (Fsp3) is 0.364. The Balaban J connectivity index is 2.16. The van der Waals surface area contributed by atoms with Gasteiger partial charge in [-0.15, -0.1) is 0 Å².